The van der Waals surface area contributed by atoms with Crippen LogP contribution in [0.3, 0.4) is 0 Å². The molecule has 48 heavy (non-hydrogen) atoms. The van der Waals surface area contributed by atoms with Crippen LogP contribution in [-0.4, -0.2) is 51.8 Å². The highest BCUT2D eigenvalue weighted by Gasteiger charge is 2.65. The van der Waals surface area contributed by atoms with Gasteiger partial charge in [0.15, 0.2) is 0 Å². The maximum absolute atomic E-state index is 14.2. The van der Waals surface area contributed by atoms with Gasteiger partial charge in [-0.1, -0.05) is 30.3 Å². The molecule has 10 nitrogen and oxygen atoms in total. The van der Waals surface area contributed by atoms with Crippen molar-refractivity contribution in [1.82, 2.24) is 9.78 Å². The van der Waals surface area contributed by atoms with E-state index in [4.69, 9.17) is 26.4 Å². The summed E-state index contributed by atoms with van der Waals surface area (Å²) < 4.78 is 59.7. The van der Waals surface area contributed by atoms with Gasteiger partial charge < -0.3 is 24.4 Å². The van der Waals surface area contributed by atoms with Gasteiger partial charge in [0.05, 0.1) is 37.1 Å². The Morgan fingerprint density at radius 2 is 1.81 bits per heavy atom. The number of hydrogen-bond donors (Lipinski definition) is 1. The first-order valence-electron chi connectivity index (χ1n) is 14.8. The van der Waals surface area contributed by atoms with E-state index in [9.17, 15) is 28.0 Å². The van der Waals surface area contributed by atoms with Crippen LogP contribution in [0.5, 0.6) is 11.5 Å². The number of alkyl halides is 3. The molecule has 0 radical (unpaired) electrons. The van der Waals surface area contributed by atoms with Crippen molar-refractivity contribution in [3.05, 3.63) is 101 Å². The summed E-state index contributed by atoms with van der Waals surface area (Å²) in [4.78, 5) is 28.4. The number of nitriles is 1. The fraction of sp³-hybridized carbons (Fsp3) is 0.265. The summed E-state index contributed by atoms with van der Waals surface area (Å²) >= 11 is 4.99. The summed E-state index contributed by atoms with van der Waals surface area (Å²) in [5.74, 6) is -0.819. The Morgan fingerprint density at radius 1 is 1.10 bits per heavy atom. The van der Waals surface area contributed by atoms with Crippen molar-refractivity contribution in [2.45, 2.75) is 50.0 Å². The molecule has 246 valence electrons. The number of methoxy groups -OCH3 is 1. The largest absolute Gasteiger partial charge is 0.495 e. The van der Waals surface area contributed by atoms with Crippen LogP contribution in [-0.2, 0) is 11.3 Å². The summed E-state index contributed by atoms with van der Waals surface area (Å²) in [6.45, 7) is 2.18. The number of aromatic nitrogens is 2. The lowest BCUT2D eigenvalue weighted by molar-refractivity contribution is -0.286. The van der Waals surface area contributed by atoms with Gasteiger partial charge in [0.2, 0.25) is 5.60 Å². The van der Waals surface area contributed by atoms with Gasteiger partial charge in [0.25, 0.3) is 11.8 Å². The number of hydrogen-bond acceptors (Lipinski definition) is 8. The van der Waals surface area contributed by atoms with Crippen molar-refractivity contribution in [3.8, 4) is 17.6 Å². The number of anilines is 2. The molecule has 2 heterocycles. The normalized spacial score (nSPS) is 20.2. The Bertz CT molecular complexity index is 1920. The molecule has 1 aromatic heterocycles. The van der Waals surface area contributed by atoms with Crippen molar-refractivity contribution in [2.24, 2.45) is 0 Å². The van der Waals surface area contributed by atoms with Crippen LogP contribution in [0.4, 0.5) is 24.5 Å². The molecule has 6 rings (SSSR count). The Balaban J connectivity index is 1.15. The van der Waals surface area contributed by atoms with Crippen LogP contribution in [0.15, 0.2) is 79.0 Å². The minimum absolute atomic E-state index is 0.166. The van der Waals surface area contributed by atoms with E-state index in [-0.39, 0.29) is 47.1 Å². The molecule has 3 aromatic carbocycles. The number of amides is 2. The van der Waals surface area contributed by atoms with Gasteiger partial charge in [-0.2, -0.15) is 23.5 Å². The molecular formula is C34H28F3N5O5S. The first-order chi connectivity index (χ1) is 22.9. The van der Waals surface area contributed by atoms with Gasteiger partial charge in [0, 0.05) is 36.3 Å². The van der Waals surface area contributed by atoms with Crippen molar-refractivity contribution in [3.63, 3.8) is 0 Å². The standard InChI is InChI=1S/C34H28F3N5O5S/c1-20-19-41-29(27(18-39-41)40-30(43)22-10-13-28(45-2)23(14-22)17-38)31(44)42(20)25-11-8-21(9-12-25)24-15-33(16-24,34(35,36)37)47-32(48)46-26-6-4-3-5-7-26/h3-14,18,20,24H,15-16,19H2,1-2H3,(H,40,43)/t20-,24?,33?/m0/s1. The smallest absolute Gasteiger partial charge is 0.428 e. The number of carbonyl (C=O) groups excluding carboxylic acids is 2. The highest BCUT2D eigenvalue weighted by molar-refractivity contribution is 7.79. The molecule has 1 aliphatic heterocycles. The summed E-state index contributed by atoms with van der Waals surface area (Å²) in [6, 6.07) is 21.0. The van der Waals surface area contributed by atoms with E-state index in [1.54, 1.807) is 59.5 Å². The van der Waals surface area contributed by atoms with E-state index in [0.717, 1.165) is 0 Å². The molecule has 1 N–H and O–H groups in total. The summed E-state index contributed by atoms with van der Waals surface area (Å²) in [6.07, 6.45) is -3.98. The van der Waals surface area contributed by atoms with E-state index in [0.29, 0.717) is 23.5 Å². The van der Waals surface area contributed by atoms with E-state index in [1.165, 1.54) is 36.2 Å². The number of carbonyl (C=O) groups is 2. The highest BCUT2D eigenvalue weighted by atomic mass is 32.1. The van der Waals surface area contributed by atoms with Crippen molar-refractivity contribution in [1.29, 1.82) is 5.26 Å². The van der Waals surface area contributed by atoms with Crippen molar-refractivity contribution >= 4 is 40.6 Å². The van der Waals surface area contributed by atoms with Crippen molar-refractivity contribution < 1.29 is 37.0 Å². The topological polar surface area (TPSA) is 119 Å². The molecule has 2 aliphatic rings. The summed E-state index contributed by atoms with van der Waals surface area (Å²) in [5, 5.41) is 15.8. The zero-order valence-corrected chi connectivity index (χ0v) is 26.5. The van der Waals surface area contributed by atoms with Crippen LogP contribution < -0.4 is 19.7 Å². The summed E-state index contributed by atoms with van der Waals surface area (Å²) in [5.41, 5.74) is -0.549. The minimum atomic E-state index is -4.68. The molecule has 14 heteroatoms. The molecule has 0 saturated heterocycles. The zero-order valence-electron chi connectivity index (χ0n) is 25.7. The second kappa shape index (κ2) is 12.6. The number of rotatable bonds is 7. The van der Waals surface area contributed by atoms with Gasteiger partial charge >= 0.3 is 11.4 Å². The molecule has 4 aromatic rings. The lowest BCUT2D eigenvalue weighted by Crippen LogP contribution is -2.57. The number of nitrogens with zero attached hydrogens (tertiary/aromatic N) is 4. The third kappa shape index (κ3) is 6.04. The monoisotopic (exact) mass is 675 g/mol. The third-order valence-corrected chi connectivity index (χ3v) is 8.67. The number of fused-ring (bicyclic) bond motifs is 1. The van der Waals surface area contributed by atoms with E-state index in [2.05, 4.69) is 10.4 Å². The second-order valence-corrected chi connectivity index (χ2v) is 11.9. The molecule has 1 saturated carbocycles. The van der Waals surface area contributed by atoms with Gasteiger partial charge in [0.1, 0.15) is 23.3 Å². The molecule has 1 aliphatic carbocycles. The Kier molecular flexibility index (Phi) is 8.57. The van der Waals surface area contributed by atoms with Crippen molar-refractivity contribution in [2.75, 3.05) is 17.3 Å². The van der Waals surface area contributed by atoms with Crippen LogP contribution in [0.2, 0.25) is 0 Å². The average Bonchev–Trinajstić information content (AvgIpc) is 3.44. The molecular weight excluding hydrogens is 647 g/mol. The van der Waals surface area contributed by atoms with E-state index < -0.39 is 34.7 Å². The average molecular weight is 676 g/mol. The SMILES string of the molecule is COc1ccc(C(=O)Nc2cnn3c2C(=O)N(c2ccc(C4CC(OC(=S)Oc5ccccc5)(C(F)(F)F)C4)cc2)[C@@H](C)C3)cc1C#N. The lowest BCUT2D eigenvalue weighted by Gasteiger charge is -2.47. The van der Waals surface area contributed by atoms with Crippen LogP contribution >= 0.6 is 12.2 Å². The number of halogens is 3. The highest BCUT2D eigenvalue weighted by Crippen LogP contribution is 2.55. The fourth-order valence-electron chi connectivity index (χ4n) is 6.01. The predicted molar refractivity (Wildman–Crippen MR) is 172 cm³/mol. The van der Waals surface area contributed by atoms with Gasteiger partial charge in [-0.3, -0.25) is 14.3 Å². The second-order valence-electron chi connectivity index (χ2n) is 11.6. The van der Waals surface area contributed by atoms with Gasteiger partial charge in [-0.25, -0.2) is 0 Å². The molecule has 0 spiro atoms. The predicted octanol–water partition coefficient (Wildman–Crippen LogP) is 6.62. The first kappa shape index (κ1) is 32.5. The maximum Gasteiger partial charge on any atom is 0.428 e. The number of nitrogens with one attached hydrogen (secondary N) is 1. The minimum Gasteiger partial charge on any atom is -0.495 e. The Labute approximate surface area is 278 Å². The summed E-state index contributed by atoms with van der Waals surface area (Å²) in [7, 11) is 1.42. The number of ether oxygens (including phenoxy) is 3. The van der Waals surface area contributed by atoms with E-state index >= 15 is 0 Å². The maximum atomic E-state index is 14.2. The number of benzene rings is 3. The molecule has 0 bridgehead atoms. The van der Waals surface area contributed by atoms with Crippen LogP contribution in [0.25, 0.3) is 0 Å². The lowest BCUT2D eigenvalue weighted by atomic mass is 9.67. The molecule has 2 amide bonds. The van der Waals surface area contributed by atoms with Gasteiger partial charge in [-0.05, 0) is 60.9 Å². The molecule has 1 fully saturated rings. The van der Waals surface area contributed by atoms with E-state index in [1.807, 2.05) is 13.0 Å². The molecule has 0 unspecified atom stereocenters. The first-order valence-corrected chi connectivity index (χ1v) is 15.3. The fourth-order valence-corrected chi connectivity index (χ4v) is 6.26. The van der Waals surface area contributed by atoms with Crippen LogP contribution in [0, 0.1) is 11.3 Å². The number of thiocarbonyl (C=S) groups is 1. The zero-order chi connectivity index (χ0) is 34.2. The quantitative estimate of drug-likeness (QED) is 0.217. The Hall–Kier alpha value is -5.42. The third-order valence-electron chi connectivity index (χ3n) is 8.50. The molecule has 1 atom stereocenters. The number of para-hydroxylation sites is 1. The van der Waals surface area contributed by atoms with Crippen LogP contribution in [0.1, 0.15) is 57.7 Å². The van der Waals surface area contributed by atoms with Gasteiger partial charge in [-0.15, -0.1) is 0 Å². The Morgan fingerprint density at radius 3 is 2.46 bits per heavy atom.